The van der Waals surface area contributed by atoms with Crippen LogP contribution < -0.4 is 0 Å². The molecule has 0 fully saturated rings. The topological polar surface area (TPSA) is 89.9 Å². The molecule has 0 aromatic carbocycles. The predicted octanol–water partition coefficient (Wildman–Crippen LogP) is 4.78. The summed E-state index contributed by atoms with van der Waals surface area (Å²) in [6.45, 7) is 2.98. The minimum absolute atomic E-state index is 0.0592. The Labute approximate surface area is 186 Å². The summed E-state index contributed by atoms with van der Waals surface area (Å²) in [5.74, 6) is -1.07. The first-order valence-corrected chi connectivity index (χ1v) is 11.1. The summed E-state index contributed by atoms with van der Waals surface area (Å²) < 4.78 is 9.47. The van der Waals surface area contributed by atoms with Crippen LogP contribution >= 0.6 is 0 Å². The van der Waals surface area contributed by atoms with Crippen LogP contribution in [-0.2, 0) is 23.9 Å². The van der Waals surface area contributed by atoms with Crippen LogP contribution in [-0.4, -0.2) is 42.1 Å². The zero-order valence-corrected chi connectivity index (χ0v) is 19.0. The molecule has 31 heavy (non-hydrogen) atoms. The molecule has 0 aliphatic heterocycles. The molecule has 174 valence electrons. The van der Waals surface area contributed by atoms with Gasteiger partial charge >= 0.3 is 11.9 Å². The lowest BCUT2D eigenvalue weighted by molar-refractivity contribution is -0.151. The van der Waals surface area contributed by atoms with Crippen molar-refractivity contribution in [3.63, 3.8) is 0 Å². The molecular weight excluding hydrogens is 396 g/mol. The van der Waals surface area contributed by atoms with Crippen molar-refractivity contribution in [3.05, 3.63) is 48.6 Å². The number of ketones is 1. The summed E-state index contributed by atoms with van der Waals surface area (Å²) in [5.41, 5.74) is 0. The van der Waals surface area contributed by atoms with Crippen molar-refractivity contribution in [3.8, 4) is 0 Å². The molecule has 6 heteroatoms. The van der Waals surface area contributed by atoms with E-state index < -0.39 is 18.0 Å². The molecule has 0 amide bonds. The van der Waals surface area contributed by atoms with Gasteiger partial charge in [-0.25, -0.2) is 0 Å². The van der Waals surface area contributed by atoms with E-state index >= 15 is 0 Å². The Morgan fingerprint density at radius 3 is 2.23 bits per heavy atom. The lowest BCUT2D eigenvalue weighted by atomic mass is 10.1. The molecule has 0 heterocycles. The van der Waals surface area contributed by atoms with E-state index in [9.17, 15) is 19.5 Å². The van der Waals surface area contributed by atoms with Gasteiger partial charge < -0.3 is 14.6 Å². The Balaban J connectivity index is 3.75. The summed E-state index contributed by atoms with van der Waals surface area (Å²) in [4.78, 5) is 33.9. The molecule has 0 radical (unpaired) electrons. The highest BCUT2D eigenvalue weighted by Crippen LogP contribution is 2.02. The first kappa shape index (κ1) is 28.5. The van der Waals surface area contributed by atoms with Gasteiger partial charge in [0.05, 0.1) is 0 Å². The van der Waals surface area contributed by atoms with E-state index in [1.165, 1.54) is 32.3 Å². The first-order chi connectivity index (χ1) is 15.0. The smallest absolute Gasteiger partial charge is 0.305 e. The van der Waals surface area contributed by atoms with Crippen molar-refractivity contribution in [2.45, 2.75) is 77.7 Å². The molecule has 0 spiro atoms. The quantitative estimate of drug-likeness (QED) is 0.110. The average molecular weight is 435 g/mol. The number of esters is 2. The summed E-state index contributed by atoms with van der Waals surface area (Å²) >= 11 is 0. The second kappa shape index (κ2) is 20.8. The minimum Gasteiger partial charge on any atom is -0.463 e. The lowest BCUT2D eigenvalue weighted by Gasteiger charge is -2.10. The highest BCUT2D eigenvalue weighted by Gasteiger charge is 2.10. The zero-order chi connectivity index (χ0) is 23.2. The Kier molecular flexibility index (Phi) is 19.1. The molecular formula is C25H38O6. The summed E-state index contributed by atoms with van der Waals surface area (Å²) in [6.07, 6.45) is 22.0. The molecule has 0 aliphatic carbocycles. The standard InChI is InChI=1S/C25H38O6/c1-3-4-5-6-7-8-9-10-11-12-13-14-15-17-23(27)18-16-19-25(29)31-21-24(28)20-30-22(2)26/h7-8,10-11,13-15,17,24,28H,3-6,9,12,16,18-21H2,1-2H3/b8-7-,11-10-,14-13-,17-15+/t24-/m0/s1. The van der Waals surface area contributed by atoms with E-state index in [2.05, 4.69) is 36.0 Å². The fraction of sp³-hybridized carbons (Fsp3) is 0.560. The molecule has 0 aromatic rings. The third-order valence-corrected chi connectivity index (χ3v) is 4.10. The normalized spacial score (nSPS) is 12.9. The van der Waals surface area contributed by atoms with Gasteiger partial charge in [0.25, 0.3) is 0 Å². The van der Waals surface area contributed by atoms with Crippen molar-refractivity contribution in [1.29, 1.82) is 0 Å². The number of aliphatic hydroxyl groups is 1. The number of hydrogen-bond acceptors (Lipinski definition) is 6. The maximum absolute atomic E-state index is 11.8. The Hall–Kier alpha value is -2.47. The van der Waals surface area contributed by atoms with Gasteiger partial charge in [0.15, 0.2) is 5.78 Å². The van der Waals surface area contributed by atoms with Crippen LogP contribution in [0.2, 0.25) is 0 Å². The van der Waals surface area contributed by atoms with E-state index in [1.807, 2.05) is 12.2 Å². The third-order valence-electron chi connectivity index (χ3n) is 4.10. The van der Waals surface area contributed by atoms with Crippen molar-refractivity contribution in [2.75, 3.05) is 13.2 Å². The number of ether oxygens (including phenoxy) is 2. The monoisotopic (exact) mass is 434 g/mol. The van der Waals surface area contributed by atoms with Gasteiger partial charge in [-0.15, -0.1) is 0 Å². The summed E-state index contributed by atoms with van der Waals surface area (Å²) in [7, 11) is 0. The van der Waals surface area contributed by atoms with Gasteiger partial charge in [0, 0.05) is 19.8 Å². The largest absolute Gasteiger partial charge is 0.463 e. The molecule has 0 bridgehead atoms. The Morgan fingerprint density at radius 2 is 1.52 bits per heavy atom. The fourth-order valence-corrected chi connectivity index (χ4v) is 2.41. The van der Waals surface area contributed by atoms with Crippen LogP contribution in [0.5, 0.6) is 0 Å². The van der Waals surface area contributed by atoms with Crippen molar-refractivity contribution in [2.24, 2.45) is 0 Å². The van der Waals surface area contributed by atoms with Gasteiger partial charge in [0.1, 0.15) is 19.3 Å². The van der Waals surface area contributed by atoms with Crippen LogP contribution in [0.3, 0.4) is 0 Å². The molecule has 0 unspecified atom stereocenters. The molecule has 0 aliphatic rings. The molecule has 0 saturated carbocycles. The van der Waals surface area contributed by atoms with Gasteiger partial charge in [0.2, 0.25) is 0 Å². The van der Waals surface area contributed by atoms with Gasteiger partial charge in [-0.2, -0.15) is 0 Å². The van der Waals surface area contributed by atoms with Crippen molar-refractivity contribution >= 4 is 17.7 Å². The Bertz CT molecular complexity index is 616. The Morgan fingerprint density at radius 1 is 0.839 bits per heavy atom. The van der Waals surface area contributed by atoms with E-state index in [0.29, 0.717) is 6.42 Å². The van der Waals surface area contributed by atoms with E-state index in [0.717, 1.165) is 19.3 Å². The molecule has 0 aromatic heterocycles. The molecule has 1 atom stereocenters. The van der Waals surface area contributed by atoms with Crippen molar-refractivity contribution < 1.29 is 29.0 Å². The van der Waals surface area contributed by atoms with Crippen LogP contribution in [0, 0.1) is 0 Å². The van der Waals surface area contributed by atoms with Gasteiger partial charge in [-0.05, 0) is 38.2 Å². The number of rotatable bonds is 18. The second-order valence-corrected chi connectivity index (χ2v) is 7.16. The van der Waals surface area contributed by atoms with Crippen LogP contribution in [0.25, 0.3) is 0 Å². The molecule has 0 rings (SSSR count). The zero-order valence-electron chi connectivity index (χ0n) is 19.0. The number of allylic oxidation sites excluding steroid dienone is 8. The maximum atomic E-state index is 11.8. The number of aliphatic hydroxyl groups excluding tert-OH is 1. The number of carbonyl (C=O) groups excluding carboxylic acids is 3. The highest BCUT2D eigenvalue weighted by molar-refractivity contribution is 5.90. The number of hydrogen-bond donors (Lipinski definition) is 1. The lowest BCUT2D eigenvalue weighted by Crippen LogP contribution is -2.24. The molecule has 6 nitrogen and oxygen atoms in total. The van der Waals surface area contributed by atoms with Gasteiger partial charge in [-0.3, -0.25) is 14.4 Å². The van der Waals surface area contributed by atoms with Gasteiger partial charge in [-0.1, -0.05) is 62.3 Å². The third kappa shape index (κ3) is 22.0. The van der Waals surface area contributed by atoms with E-state index in [4.69, 9.17) is 4.74 Å². The maximum Gasteiger partial charge on any atom is 0.305 e. The van der Waals surface area contributed by atoms with E-state index in [-0.39, 0.29) is 31.8 Å². The first-order valence-electron chi connectivity index (χ1n) is 11.1. The second-order valence-electron chi connectivity index (χ2n) is 7.16. The number of carbonyl (C=O) groups is 3. The summed E-state index contributed by atoms with van der Waals surface area (Å²) in [5, 5.41) is 9.48. The predicted molar refractivity (Wildman–Crippen MR) is 122 cm³/mol. The average Bonchev–Trinajstić information content (AvgIpc) is 2.74. The number of unbranched alkanes of at least 4 members (excludes halogenated alkanes) is 3. The minimum atomic E-state index is -1.05. The van der Waals surface area contributed by atoms with E-state index in [1.54, 1.807) is 6.08 Å². The fourth-order valence-electron chi connectivity index (χ4n) is 2.41. The van der Waals surface area contributed by atoms with Crippen molar-refractivity contribution in [1.82, 2.24) is 0 Å². The highest BCUT2D eigenvalue weighted by atomic mass is 16.6. The summed E-state index contributed by atoms with van der Waals surface area (Å²) in [6, 6.07) is 0. The van der Waals surface area contributed by atoms with Crippen LogP contribution in [0.15, 0.2) is 48.6 Å². The SMILES string of the molecule is CCCCC/C=C\C/C=C\C/C=C\C=C\C(=O)CCCC(=O)OC[C@@H](O)COC(C)=O. The van der Waals surface area contributed by atoms with Crippen LogP contribution in [0.1, 0.15) is 71.6 Å². The molecule has 0 saturated heterocycles. The molecule has 1 N–H and O–H groups in total. The van der Waals surface area contributed by atoms with Crippen LogP contribution in [0.4, 0.5) is 0 Å².